The molecule has 2 aromatic rings. The summed E-state index contributed by atoms with van der Waals surface area (Å²) >= 11 is 0. The van der Waals surface area contributed by atoms with Gasteiger partial charge in [-0.2, -0.15) is 0 Å². The summed E-state index contributed by atoms with van der Waals surface area (Å²) < 4.78 is 11.5. The molecule has 6 heteroatoms. The zero-order valence-corrected chi connectivity index (χ0v) is 17.4. The maximum absolute atomic E-state index is 13.3. The van der Waals surface area contributed by atoms with Crippen LogP contribution in [0.25, 0.3) is 0 Å². The highest BCUT2D eigenvalue weighted by molar-refractivity contribution is 5.97. The molecule has 1 fully saturated rings. The maximum Gasteiger partial charge on any atom is 0.257 e. The number of oxazole rings is 1. The molecule has 152 valence electrons. The first kappa shape index (κ1) is 20.4. The van der Waals surface area contributed by atoms with Gasteiger partial charge in [0.2, 0.25) is 0 Å². The number of rotatable bonds is 5. The van der Waals surface area contributed by atoms with Crippen molar-refractivity contribution in [3.63, 3.8) is 0 Å². The van der Waals surface area contributed by atoms with Gasteiger partial charge in [-0.05, 0) is 59.6 Å². The normalized spacial score (nSPS) is 20.3. The molecular weight excluding hydrogens is 356 g/mol. The van der Waals surface area contributed by atoms with Gasteiger partial charge in [0.1, 0.15) is 22.8 Å². The van der Waals surface area contributed by atoms with Gasteiger partial charge >= 0.3 is 0 Å². The summed E-state index contributed by atoms with van der Waals surface area (Å²) in [6.45, 7) is 10.2. The number of hydrogen-bond acceptors (Lipinski definition) is 5. The monoisotopic (exact) mass is 386 g/mol. The zero-order chi connectivity index (χ0) is 20.5. The third-order valence-corrected chi connectivity index (χ3v) is 5.30. The third kappa shape index (κ3) is 4.07. The Bertz CT molecular complexity index is 837. The van der Waals surface area contributed by atoms with E-state index in [1.165, 1.54) is 0 Å². The number of hydrogen-bond donors (Lipinski definition) is 1. The number of carbonyl (C=O) groups excluding carboxylic acids is 1. The minimum Gasteiger partial charge on any atom is -0.493 e. The van der Waals surface area contributed by atoms with Gasteiger partial charge in [0.05, 0.1) is 18.1 Å². The van der Waals surface area contributed by atoms with E-state index in [0.717, 1.165) is 12.8 Å². The Morgan fingerprint density at radius 2 is 2.07 bits per heavy atom. The average molecular weight is 386 g/mol. The lowest BCUT2D eigenvalue weighted by Crippen LogP contribution is -2.45. The van der Waals surface area contributed by atoms with Crippen LogP contribution >= 0.6 is 0 Å². The summed E-state index contributed by atoms with van der Waals surface area (Å²) in [5, 5.41) is 10.3. The van der Waals surface area contributed by atoms with E-state index in [0.29, 0.717) is 41.8 Å². The molecule has 1 aromatic heterocycles. The van der Waals surface area contributed by atoms with Crippen molar-refractivity contribution in [1.82, 2.24) is 9.88 Å². The van der Waals surface area contributed by atoms with Crippen LogP contribution in [0.15, 0.2) is 28.7 Å². The second-order valence-corrected chi connectivity index (χ2v) is 8.03. The first-order valence-corrected chi connectivity index (χ1v) is 9.95. The van der Waals surface area contributed by atoms with Crippen LogP contribution in [-0.4, -0.2) is 40.1 Å². The highest BCUT2D eigenvalue weighted by Gasteiger charge is 2.35. The number of nitrogens with zero attached hydrogens (tertiary/aromatic N) is 2. The van der Waals surface area contributed by atoms with E-state index in [1.807, 2.05) is 43.0 Å². The Morgan fingerprint density at radius 3 is 2.71 bits per heavy atom. The largest absolute Gasteiger partial charge is 0.493 e. The van der Waals surface area contributed by atoms with Crippen LogP contribution < -0.4 is 4.74 Å². The predicted octanol–water partition coefficient (Wildman–Crippen LogP) is 4.02. The van der Waals surface area contributed by atoms with Crippen molar-refractivity contribution in [2.24, 2.45) is 0 Å². The van der Waals surface area contributed by atoms with Crippen molar-refractivity contribution in [2.45, 2.75) is 65.0 Å². The number of likely N-dealkylation sites (tertiary alicyclic amines) is 1. The number of carbonyl (C=O) groups is 1. The van der Waals surface area contributed by atoms with Crippen molar-refractivity contribution >= 4 is 5.91 Å². The minimum atomic E-state index is -1.06. The van der Waals surface area contributed by atoms with E-state index in [9.17, 15) is 9.90 Å². The van der Waals surface area contributed by atoms with Crippen LogP contribution in [-0.2, 0) is 5.60 Å². The molecule has 1 amide bonds. The Morgan fingerprint density at radius 1 is 1.36 bits per heavy atom. The molecular formula is C22H30N2O4. The number of aryl methyl sites for hydroxylation is 1. The standard InChI is InChI=1S/C22H30N2O4/c1-6-27-18-10-8-7-9-17(18)21(25)24-13-16(12-11-14(24)2)20-23-19(15(3)28-20)22(4,5)26/h7-10,14,16,26H,6,11-13H2,1-5H3/t14-,16?/m1/s1. The molecule has 1 saturated heterocycles. The van der Waals surface area contributed by atoms with Gasteiger partial charge in [0, 0.05) is 12.6 Å². The number of ether oxygens (including phenoxy) is 1. The van der Waals surface area contributed by atoms with Gasteiger partial charge in [-0.25, -0.2) is 4.98 Å². The lowest BCUT2D eigenvalue weighted by molar-refractivity contribution is 0.0590. The molecule has 1 aliphatic heterocycles. The molecule has 3 rings (SSSR count). The fraction of sp³-hybridized carbons (Fsp3) is 0.545. The predicted molar refractivity (Wildman–Crippen MR) is 107 cm³/mol. The van der Waals surface area contributed by atoms with Crippen LogP contribution in [0.2, 0.25) is 0 Å². The molecule has 2 atom stereocenters. The molecule has 1 unspecified atom stereocenters. The summed E-state index contributed by atoms with van der Waals surface area (Å²) in [5.74, 6) is 1.81. The van der Waals surface area contributed by atoms with E-state index in [2.05, 4.69) is 11.9 Å². The molecule has 0 radical (unpaired) electrons. The topological polar surface area (TPSA) is 75.8 Å². The molecule has 1 N–H and O–H groups in total. The van der Waals surface area contributed by atoms with Gasteiger partial charge in [0.15, 0.2) is 5.89 Å². The van der Waals surface area contributed by atoms with E-state index in [-0.39, 0.29) is 17.9 Å². The van der Waals surface area contributed by atoms with Crippen molar-refractivity contribution in [1.29, 1.82) is 0 Å². The molecule has 6 nitrogen and oxygen atoms in total. The zero-order valence-electron chi connectivity index (χ0n) is 17.4. The highest BCUT2D eigenvalue weighted by Crippen LogP contribution is 2.34. The molecule has 0 bridgehead atoms. The Labute approximate surface area is 166 Å². The smallest absolute Gasteiger partial charge is 0.257 e. The first-order chi connectivity index (χ1) is 13.2. The Hall–Kier alpha value is -2.34. The SMILES string of the molecule is CCOc1ccccc1C(=O)N1CC(c2nc(C(C)(C)O)c(C)o2)CC[C@H]1C. The lowest BCUT2D eigenvalue weighted by atomic mass is 9.92. The minimum absolute atomic E-state index is 0.00852. The van der Waals surface area contributed by atoms with Gasteiger partial charge in [-0.3, -0.25) is 4.79 Å². The Kier molecular flexibility index (Phi) is 5.79. The lowest BCUT2D eigenvalue weighted by Gasteiger charge is -2.37. The number of piperidine rings is 1. The summed E-state index contributed by atoms with van der Waals surface area (Å²) in [4.78, 5) is 19.7. The van der Waals surface area contributed by atoms with Crippen molar-refractivity contribution in [3.05, 3.63) is 47.2 Å². The van der Waals surface area contributed by atoms with Crippen molar-refractivity contribution in [3.8, 4) is 5.75 Å². The molecule has 2 heterocycles. The van der Waals surface area contributed by atoms with Crippen LogP contribution in [0.3, 0.4) is 0 Å². The van der Waals surface area contributed by atoms with E-state index in [1.54, 1.807) is 13.8 Å². The Balaban J connectivity index is 1.85. The van der Waals surface area contributed by atoms with Gasteiger partial charge < -0.3 is 19.2 Å². The maximum atomic E-state index is 13.3. The molecule has 0 aliphatic carbocycles. The molecule has 1 aliphatic rings. The van der Waals surface area contributed by atoms with Crippen LogP contribution in [0.5, 0.6) is 5.75 Å². The van der Waals surface area contributed by atoms with E-state index < -0.39 is 5.60 Å². The molecule has 0 spiro atoms. The number of aliphatic hydroxyl groups is 1. The average Bonchev–Trinajstić information content (AvgIpc) is 3.04. The summed E-state index contributed by atoms with van der Waals surface area (Å²) in [7, 11) is 0. The summed E-state index contributed by atoms with van der Waals surface area (Å²) in [6, 6.07) is 7.50. The van der Waals surface area contributed by atoms with E-state index >= 15 is 0 Å². The third-order valence-electron chi connectivity index (χ3n) is 5.30. The number of benzene rings is 1. The van der Waals surface area contributed by atoms with E-state index in [4.69, 9.17) is 9.15 Å². The van der Waals surface area contributed by atoms with Gasteiger partial charge in [-0.15, -0.1) is 0 Å². The van der Waals surface area contributed by atoms with Gasteiger partial charge in [-0.1, -0.05) is 12.1 Å². The number of amides is 1. The van der Waals surface area contributed by atoms with Crippen LogP contribution in [0, 0.1) is 6.92 Å². The molecule has 28 heavy (non-hydrogen) atoms. The summed E-state index contributed by atoms with van der Waals surface area (Å²) in [5.41, 5.74) is 0.0815. The molecule has 1 aromatic carbocycles. The second-order valence-electron chi connectivity index (χ2n) is 8.03. The highest BCUT2D eigenvalue weighted by atomic mass is 16.5. The first-order valence-electron chi connectivity index (χ1n) is 9.95. The van der Waals surface area contributed by atoms with Crippen molar-refractivity contribution in [2.75, 3.05) is 13.2 Å². The fourth-order valence-corrected chi connectivity index (χ4v) is 3.83. The van der Waals surface area contributed by atoms with Crippen molar-refractivity contribution < 1.29 is 19.1 Å². The fourth-order valence-electron chi connectivity index (χ4n) is 3.83. The number of aromatic nitrogens is 1. The van der Waals surface area contributed by atoms with Gasteiger partial charge in [0.25, 0.3) is 5.91 Å². The number of para-hydroxylation sites is 1. The molecule has 0 saturated carbocycles. The van der Waals surface area contributed by atoms with Crippen LogP contribution in [0.4, 0.5) is 0 Å². The quantitative estimate of drug-likeness (QED) is 0.840. The summed E-state index contributed by atoms with van der Waals surface area (Å²) in [6.07, 6.45) is 1.76. The van der Waals surface area contributed by atoms with Crippen LogP contribution in [0.1, 0.15) is 74.2 Å². The second kappa shape index (κ2) is 7.95.